The van der Waals surface area contributed by atoms with Gasteiger partial charge in [-0.25, -0.2) is 4.98 Å². The maximum atomic E-state index is 12.9. The molecule has 0 unspecified atom stereocenters. The number of halogens is 2. The molecule has 8 heteroatoms. The first-order chi connectivity index (χ1) is 11.6. The first-order valence-corrected chi connectivity index (χ1v) is 8.55. The Labute approximate surface area is 143 Å². The number of para-hydroxylation sites is 1. The predicted molar refractivity (Wildman–Crippen MR) is 89.3 cm³/mol. The van der Waals surface area contributed by atoms with Gasteiger partial charge in [0.05, 0.1) is 18.8 Å². The standard InChI is InChI=1S/C16H18F2N4OS/c1-20(10-14-19-6-7-22(14)16(17)18)11-15(23)21-8-9-24-13-5-3-2-4-12(13)21/h2-7,16H,8-11H2,1H3. The molecule has 0 aliphatic carbocycles. The molecule has 0 radical (unpaired) electrons. The van der Waals surface area contributed by atoms with Gasteiger partial charge in [0.1, 0.15) is 5.82 Å². The summed E-state index contributed by atoms with van der Waals surface area (Å²) in [6.45, 7) is -1.64. The van der Waals surface area contributed by atoms with Gasteiger partial charge in [0, 0.05) is 29.6 Å². The summed E-state index contributed by atoms with van der Waals surface area (Å²) in [5.74, 6) is 1.05. The fraction of sp³-hybridized carbons (Fsp3) is 0.375. The van der Waals surface area contributed by atoms with E-state index < -0.39 is 6.55 Å². The van der Waals surface area contributed by atoms with E-state index in [-0.39, 0.29) is 24.8 Å². The summed E-state index contributed by atoms with van der Waals surface area (Å²) in [4.78, 5) is 21.1. The number of benzene rings is 1. The van der Waals surface area contributed by atoms with Crippen LogP contribution in [0.3, 0.4) is 0 Å². The molecule has 3 rings (SSSR count). The monoisotopic (exact) mass is 352 g/mol. The number of hydrogen-bond donors (Lipinski definition) is 0. The molecule has 24 heavy (non-hydrogen) atoms. The molecule has 1 amide bonds. The number of thioether (sulfide) groups is 1. The van der Waals surface area contributed by atoms with Crippen molar-refractivity contribution in [1.82, 2.24) is 14.5 Å². The van der Waals surface area contributed by atoms with Gasteiger partial charge < -0.3 is 4.90 Å². The third-order valence-electron chi connectivity index (χ3n) is 3.81. The highest BCUT2D eigenvalue weighted by Crippen LogP contribution is 2.34. The third kappa shape index (κ3) is 3.59. The molecule has 0 saturated heterocycles. The number of likely N-dealkylation sites (N-methyl/N-ethyl adjacent to an activating group) is 1. The molecule has 2 heterocycles. The summed E-state index contributed by atoms with van der Waals surface area (Å²) in [6, 6.07) is 7.80. The Morgan fingerprint density at radius 2 is 2.21 bits per heavy atom. The number of imidazole rings is 1. The second-order valence-corrected chi connectivity index (χ2v) is 6.70. The lowest BCUT2D eigenvalue weighted by molar-refractivity contribution is -0.119. The molecule has 1 aliphatic heterocycles. The van der Waals surface area contributed by atoms with Crippen molar-refractivity contribution in [3.63, 3.8) is 0 Å². The summed E-state index contributed by atoms with van der Waals surface area (Å²) in [5, 5.41) is 0. The van der Waals surface area contributed by atoms with Gasteiger partial charge in [0.15, 0.2) is 0 Å². The first kappa shape index (κ1) is 16.9. The molecule has 2 aromatic rings. The molecule has 0 saturated carbocycles. The highest BCUT2D eigenvalue weighted by molar-refractivity contribution is 7.99. The lowest BCUT2D eigenvalue weighted by atomic mass is 10.2. The average molecular weight is 352 g/mol. The topological polar surface area (TPSA) is 41.4 Å². The summed E-state index contributed by atoms with van der Waals surface area (Å²) < 4.78 is 26.5. The molecular formula is C16H18F2N4OS. The number of hydrogen-bond acceptors (Lipinski definition) is 4. The third-order valence-corrected chi connectivity index (χ3v) is 4.85. The molecule has 0 fully saturated rings. The van der Waals surface area contributed by atoms with Crippen LogP contribution in [0.1, 0.15) is 12.4 Å². The Balaban J connectivity index is 1.66. The van der Waals surface area contributed by atoms with Crippen LogP contribution in [0.5, 0.6) is 0 Å². The van der Waals surface area contributed by atoms with Crippen LogP contribution in [0.25, 0.3) is 0 Å². The van der Waals surface area contributed by atoms with Crippen LogP contribution in [0.15, 0.2) is 41.6 Å². The lowest BCUT2D eigenvalue weighted by Gasteiger charge is -2.30. The Kier molecular flexibility index (Phi) is 5.15. The van der Waals surface area contributed by atoms with E-state index in [2.05, 4.69) is 4.98 Å². The molecule has 0 spiro atoms. The molecule has 0 atom stereocenters. The van der Waals surface area contributed by atoms with Crippen LogP contribution in [0.4, 0.5) is 14.5 Å². The van der Waals surface area contributed by atoms with Gasteiger partial charge in [-0.2, -0.15) is 8.78 Å². The normalized spacial score (nSPS) is 14.3. The molecule has 128 valence electrons. The molecule has 1 aromatic carbocycles. The average Bonchev–Trinajstić information content (AvgIpc) is 3.02. The summed E-state index contributed by atoms with van der Waals surface area (Å²) in [6.07, 6.45) is 2.59. The van der Waals surface area contributed by atoms with Gasteiger partial charge in [-0.1, -0.05) is 12.1 Å². The fourth-order valence-corrected chi connectivity index (χ4v) is 3.68. The van der Waals surface area contributed by atoms with Gasteiger partial charge in [-0.05, 0) is 19.2 Å². The van der Waals surface area contributed by atoms with E-state index in [9.17, 15) is 13.6 Å². The minimum atomic E-state index is -2.63. The molecule has 5 nitrogen and oxygen atoms in total. The van der Waals surface area contributed by atoms with Crippen LogP contribution in [0.2, 0.25) is 0 Å². The van der Waals surface area contributed by atoms with E-state index in [1.165, 1.54) is 12.4 Å². The number of carbonyl (C=O) groups is 1. The van der Waals surface area contributed by atoms with E-state index in [0.717, 1.165) is 20.9 Å². The van der Waals surface area contributed by atoms with E-state index in [0.29, 0.717) is 6.54 Å². The zero-order valence-corrected chi connectivity index (χ0v) is 14.0. The number of anilines is 1. The van der Waals surface area contributed by atoms with Crippen molar-refractivity contribution in [2.75, 3.05) is 30.8 Å². The van der Waals surface area contributed by atoms with Crippen molar-refractivity contribution >= 4 is 23.4 Å². The summed E-state index contributed by atoms with van der Waals surface area (Å²) in [5.41, 5.74) is 0.918. The lowest BCUT2D eigenvalue weighted by Crippen LogP contribution is -2.41. The Hall–Kier alpha value is -1.93. The van der Waals surface area contributed by atoms with Gasteiger partial charge in [0.2, 0.25) is 5.91 Å². The largest absolute Gasteiger partial charge is 0.319 e. The van der Waals surface area contributed by atoms with Gasteiger partial charge in [0.25, 0.3) is 0 Å². The van der Waals surface area contributed by atoms with Crippen molar-refractivity contribution in [3.05, 3.63) is 42.5 Å². The highest BCUT2D eigenvalue weighted by atomic mass is 32.2. The number of aromatic nitrogens is 2. The number of nitrogens with zero attached hydrogens (tertiary/aromatic N) is 4. The Morgan fingerprint density at radius 1 is 1.42 bits per heavy atom. The number of amides is 1. The maximum absolute atomic E-state index is 12.9. The van der Waals surface area contributed by atoms with E-state index in [4.69, 9.17) is 0 Å². The van der Waals surface area contributed by atoms with E-state index in [1.807, 2.05) is 24.3 Å². The predicted octanol–water partition coefficient (Wildman–Crippen LogP) is 2.85. The maximum Gasteiger partial charge on any atom is 0.319 e. The van der Waals surface area contributed by atoms with Gasteiger partial charge in [-0.3, -0.25) is 14.3 Å². The number of rotatable bonds is 5. The van der Waals surface area contributed by atoms with Crippen molar-refractivity contribution in [3.8, 4) is 0 Å². The van der Waals surface area contributed by atoms with Gasteiger partial charge in [-0.15, -0.1) is 11.8 Å². The molecule has 0 bridgehead atoms. The summed E-state index contributed by atoms with van der Waals surface area (Å²) >= 11 is 1.73. The van der Waals surface area contributed by atoms with Crippen LogP contribution in [-0.4, -0.2) is 46.2 Å². The smallest absolute Gasteiger partial charge is 0.309 e. The van der Waals surface area contributed by atoms with Crippen LogP contribution >= 0.6 is 11.8 Å². The van der Waals surface area contributed by atoms with Crippen molar-refractivity contribution in [1.29, 1.82) is 0 Å². The van der Waals surface area contributed by atoms with Gasteiger partial charge >= 0.3 is 6.55 Å². The zero-order chi connectivity index (χ0) is 17.1. The first-order valence-electron chi connectivity index (χ1n) is 7.57. The molecule has 1 aliphatic rings. The van der Waals surface area contributed by atoms with Crippen LogP contribution in [0, 0.1) is 0 Å². The van der Waals surface area contributed by atoms with Crippen molar-refractivity contribution in [2.45, 2.75) is 18.0 Å². The molecular weight excluding hydrogens is 334 g/mol. The van der Waals surface area contributed by atoms with Crippen LogP contribution in [-0.2, 0) is 11.3 Å². The molecule has 1 aromatic heterocycles. The SMILES string of the molecule is CN(CC(=O)N1CCSc2ccccc21)Cc1nccn1C(F)F. The quantitative estimate of drug-likeness (QED) is 0.830. The minimum Gasteiger partial charge on any atom is -0.309 e. The number of alkyl halides is 2. The Bertz CT molecular complexity index is 722. The number of carbonyl (C=O) groups excluding carboxylic acids is 1. The Morgan fingerprint density at radius 3 is 3.00 bits per heavy atom. The highest BCUT2D eigenvalue weighted by Gasteiger charge is 2.24. The second kappa shape index (κ2) is 7.31. The minimum absolute atomic E-state index is 0.0413. The van der Waals surface area contributed by atoms with Crippen molar-refractivity contribution < 1.29 is 13.6 Å². The van der Waals surface area contributed by atoms with E-state index in [1.54, 1.807) is 28.6 Å². The zero-order valence-electron chi connectivity index (χ0n) is 13.2. The van der Waals surface area contributed by atoms with Crippen LogP contribution < -0.4 is 4.90 Å². The number of fused-ring (bicyclic) bond motifs is 1. The van der Waals surface area contributed by atoms with E-state index >= 15 is 0 Å². The molecule has 0 N–H and O–H groups in total. The second-order valence-electron chi connectivity index (χ2n) is 5.56. The van der Waals surface area contributed by atoms with Crippen molar-refractivity contribution in [2.24, 2.45) is 0 Å². The summed E-state index contributed by atoms with van der Waals surface area (Å²) in [7, 11) is 1.73. The fourth-order valence-electron chi connectivity index (χ4n) is 2.69.